The first-order valence-corrected chi connectivity index (χ1v) is 32.0. The SMILES string of the molecule is CCCCCCc1cc(-c2cc(CCCCCC)c(-c3cc4cccnc4c4ncccc34)s2)sc1C#CC#Cc1c2nc(cc3[nH]c(cc4[nH]c(cc5nc1C(CC)=C5CC)c(CC)c4CC)c(CC)c3CC)C(CC)=C2CC. The maximum Gasteiger partial charge on any atom is 0.0971 e. The molecule has 0 aliphatic carbocycles. The van der Waals surface area contributed by atoms with E-state index in [1.165, 1.54) is 132 Å². The predicted molar refractivity (Wildman–Crippen MR) is 346 cm³/mol. The first kappa shape index (κ1) is 56.4. The van der Waals surface area contributed by atoms with Crippen LogP contribution in [-0.4, -0.2) is 29.9 Å². The zero-order valence-electron chi connectivity index (χ0n) is 49.3. The minimum atomic E-state index is 0.836. The lowest BCUT2D eigenvalue weighted by atomic mass is 9.94. The van der Waals surface area contributed by atoms with Crippen LogP contribution >= 0.6 is 22.7 Å². The summed E-state index contributed by atoms with van der Waals surface area (Å²) in [7, 11) is 0. The van der Waals surface area contributed by atoms with Gasteiger partial charge in [0.1, 0.15) is 0 Å². The molecule has 0 fully saturated rings. The van der Waals surface area contributed by atoms with Crippen LogP contribution in [0.2, 0.25) is 0 Å². The molecule has 7 aromatic heterocycles. The van der Waals surface area contributed by atoms with Crippen molar-refractivity contribution in [3.63, 3.8) is 0 Å². The molecule has 2 aliphatic rings. The molecule has 6 nitrogen and oxygen atoms in total. The minimum absolute atomic E-state index is 0.836. The van der Waals surface area contributed by atoms with Crippen molar-refractivity contribution in [2.24, 2.45) is 0 Å². The first-order valence-electron chi connectivity index (χ1n) is 30.4. The number of pyridine rings is 2. The molecule has 2 N–H and O–H groups in total. The van der Waals surface area contributed by atoms with E-state index in [1.807, 2.05) is 41.1 Å². The van der Waals surface area contributed by atoms with Gasteiger partial charge >= 0.3 is 0 Å². The largest absolute Gasteiger partial charge is 0.355 e. The molecule has 8 bridgehead atoms. The van der Waals surface area contributed by atoms with Crippen LogP contribution < -0.4 is 0 Å². The molecule has 0 atom stereocenters. The molecule has 0 unspecified atom stereocenters. The number of nitrogens with one attached hydrogen (secondary N) is 2. The van der Waals surface area contributed by atoms with Crippen LogP contribution in [0.1, 0.15) is 213 Å². The second-order valence-electron chi connectivity index (χ2n) is 21.5. The molecule has 9 heterocycles. The fraction of sp³-hybridized carbons (Fsp3) is 0.389. The van der Waals surface area contributed by atoms with E-state index in [4.69, 9.17) is 19.9 Å². The summed E-state index contributed by atoms with van der Waals surface area (Å²) < 4.78 is 0. The number of hydrogen-bond donors (Lipinski definition) is 2. The van der Waals surface area contributed by atoms with Gasteiger partial charge in [-0.2, -0.15) is 0 Å². The van der Waals surface area contributed by atoms with Crippen LogP contribution in [0, 0.1) is 23.7 Å². The van der Waals surface area contributed by atoms with Gasteiger partial charge in [-0.3, -0.25) is 9.97 Å². The van der Waals surface area contributed by atoms with Crippen molar-refractivity contribution in [2.45, 2.75) is 185 Å². The van der Waals surface area contributed by atoms with Crippen LogP contribution in [0.25, 0.3) is 86.4 Å². The number of H-pyrrole nitrogens is 2. The number of aromatic amines is 2. The van der Waals surface area contributed by atoms with Crippen LogP contribution in [0.5, 0.6) is 0 Å². The topological polar surface area (TPSA) is 83.1 Å². The van der Waals surface area contributed by atoms with Gasteiger partial charge in [0.25, 0.3) is 0 Å². The molecule has 1 aromatic carbocycles. The number of rotatable bonds is 20. The fourth-order valence-corrected chi connectivity index (χ4v) is 15.1. The van der Waals surface area contributed by atoms with E-state index in [-0.39, 0.29) is 0 Å². The Hall–Kier alpha value is -6.84. The van der Waals surface area contributed by atoms with E-state index >= 15 is 0 Å². The number of fused-ring (bicyclic) bond motifs is 11. The van der Waals surface area contributed by atoms with Gasteiger partial charge in [-0.05, 0) is 205 Å². The highest BCUT2D eigenvalue weighted by molar-refractivity contribution is 7.24. The maximum absolute atomic E-state index is 5.65. The summed E-state index contributed by atoms with van der Waals surface area (Å²) in [6, 6.07) is 22.8. The van der Waals surface area contributed by atoms with Crippen molar-refractivity contribution in [3.8, 4) is 43.9 Å². The zero-order valence-corrected chi connectivity index (χ0v) is 50.9. The average Bonchev–Trinajstić information content (AvgIpc) is 4.47. The maximum atomic E-state index is 5.65. The van der Waals surface area contributed by atoms with E-state index in [0.717, 1.165) is 137 Å². The fourth-order valence-electron chi connectivity index (χ4n) is 12.7. The van der Waals surface area contributed by atoms with Gasteiger partial charge in [-0.15, -0.1) is 22.7 Å². The molecule has 10 rings (SSSR count). The van der Waals surface area contributed by atoms with Gasteiger partial charge in [0.05, 0.1) is 44.2 Å². The summed E-state index contributed by atoms with van der Waals surface area (Å²) in [6.45, 7) is 22.8. The molecule has 410 valence electrons. The zero-order chi connectivity index (χ0) is 55.9. The number of allylic oxidation sites excluding steroid dienone is 4. The Morgan fingerprint density at radius 3 is 1.51 bits per heavy atom. The number of nitrogens with zero attached hydrogens (tertiary/aromatic N) is 4. The Morgan fingerprint density at radius 1 is 0.463 bits per heavy atom. The molecule has 0 saturated carbocycles. The van der Waals surface area contributed by atoms with Gasteiger partial charge in [0.2, 0.25) is 0 Å². The second kappa shape index (κ2) is 25.7. The number of benzene rings is 1. The summed E-state index contributed by atoms with van der Waals surface area (Å²) in [4.78, 5) is 33.9. The van der Waals surface area contributed by atoms with Crippen LogP contribution in [0.4, 0.5) is 0 Å². The van der Waals surface area contributed by atoms with Crippen LogP contribution in [-0.2, 0) is 38.5 Å². The van der Waals surface area contributed by atoms with Gasteiger partial charge in [0, 0.05) is 65.4 Å². The third kappa shape index (κ3) is 11.0. The summed E-state index contributed by atoms with van der Waals surface area (Å²) in [5.41, 5.74) is 25.8. The summed E-state index contributed by atoms with van der Waals surface area (Å²) in [5.74, 6) is 14.4. The van der Waals surface area contributed by atoms with Crippen molar-refractivity contribution < 1.29 is 0 Å². The van der Waals surface area contributed by atoms with Crippen molar-refractivity contribution in [3.05, 3.63) is 140 Å². The average molecular weight is 1090 g/mol. The van der Waals surface area contributed by atoms with E-state index in [2.05, 4.69) is 157 Å². The van der Waals surface area contributed by atoms with Crippen molar-refractivity contribution in [2.75, 3.05) is 0 Å². The molecule has 2 aliphatic heterocycles. The first-order chi connectivity index (χ1) is 39.2. The molecule has 80 heavy (non-hydrogen) atoms. The number of thiophene rings is 2. The van der Waals surface area contributed by atoms with Gasteiger partial charge in [-0.25, -0.2) is 9.97 Å². The third-order valence-electron chi connectivity index (χ3n) is 16.7. The van der Waals surface area contributed by atoms with Crippen LogP contribution in [0.15, 0.2) is 73.1 Å². The van der Waals surface area contributed by atoms with Crippen LogP contribution in [0.3, 0.4) is 0 Å². The quantitative estimate of drug-likeness (QED) is 0.0453. The van der Waals surface area contributed by atoms with E-state index in [0.29, 0.717) is 0 Å². The molecular weight excluding hydrogens is 1010 g/mol. The van der Waals surface area contributed by atoms with Gasteiger partial charge < -0.3 is 9.97 Å². The highest BCUT2D eigenvalue weighted by atomic mass is 32.1. The molecule has 8 heteroatoms. The van der Waals surface area contributed by atoms with Crippen molar-refractivity contribution in [1.82, 2.24) is 29.9 Å². The Balaban J connectivity index is 1.17. The summed E-state index contributed by atoms with van der Waals surface area (Å²) in [6.07, 6.45) is 22.6. The standard InChI is InChI=1S/C72H80N6S2/c1-11-21-23-25-31-45-40-66(67-41-47(32-26-24-22-12-2)72(80-67)58-39-46-33-29-37-73-68(46)71-56(58)35-30-38-74-71)79-65(45)36-28-27-34-57-69-54(19-9)52(17-7)63(77-69)43-61-50(15-5)48(13-3)59(75-61)42-60-49(14-4)51(16-6)62(76-60)44-64-53(18-8)55(20-10)70(57)78-64/h29-30,33,35,37-44,75-76H,11-26,31-32H2,1-10H3. The summed E-state index contributed by atoms with van der Waals surface area (Å²) in [5, 5.41) is 2.28. The van der Waals surface area contributed by atoms with Crippen molar-refractivity contribution in [1.29, 1.82) is 0 Å². The molecule has 0 spiro atoms. The second-order valence-corrected chi connectivity index (χ2v) is 23.6. The number of aromatic nitrogens is 6. The van der Waals surface area contributed by atoms with Crippen molar-refractivity contribution >= 4 is 88.8 Å². The lowest BCUT2D eigenvalue weighted by Crippen LogP contribution is -1.95. The normalized spacial score (nSPS) is 12.5. The molecule has 0 radical (unpaired) electrons. The minimum Gasteiger partial charge on any atom is -0.355 e. The Kier molecular flexibility index (Phi) is 18.2. The predicted octanol–water partition coefficient (Wildman–Crippen LogP) is 20.2. The van der Waals surface area contributed by atoms with Gasteiger partial charge in [-0.1, -0.05) is 120 Å². The third-order valence-corrected chi connectivity index (χ3v) is 19.2. The number of hydrogen-bond acceptors (Lipinski definition) is 6. The smallest absolute Gasteiger partial charge is 0.0971 e. The van der Waals surface area contributed by atoms with Gasteiger partial charge in [0.15, 0.2) is 0 Å². The van der Waals surface area contributed by atoms with E-state index in [9.17, 15) is 0 Å². The lowest BCUT2D eigenvalue weighted by molar-refractivity contribution is 0.667. The highest BCUT2D eigenvalue weighted by Crippen LogP contribution is 2.46. The molecular formula is C72H80N6S2. The number of aryl methyl sites for hydroxylation is 6. The summed E-state index contributed by atoms with van der Waals surface area (Å²) >= 11 is 3.75. The van der Waals surface area contributed by atoms with E-state index in [1.54, 1.807) is 0 Å². The monoisotopic (exact) mass is 1090 g/mol. The van der Waals surface area contributed by atoms with E-state index < -0.39 is 0 Å². The lowest BCUT2D eigenvalue weighted by Gasteiger charge is -2.10. The Bertz CT molecular complexity index is 3870. The number of unbranched alkanes of at least 4 members (excludes halogenated alkanes) is 6. The highest BCUT2D eigenvalue weighted by Gasteiger charge is 2.27. The molecule has 0 amide bonds. The molecule has 8 aromatic rings. The Labute approximate surface area is 484 Å². The molecule has 0 saturated heterocycles. The Morgan fingerprint density at radius 2 is 0.963 bits per heavy atom.